The summed E-state index contributed by atoms with van der Waals surface area (Å²) < 4.78 is 1.95. The van der Waals surface area contributed by atoms with E-state index < -0.39 is 0 Å². The van der Waals surface area contributed by atoms with Crippen LogP contribution in [0.2, 0.25) is 4.34 Å². The molecule has 19 heavy (non-hydrogen) atoms. The molecule has 2 unspecified atom stereocenters. The van der Waals surface area contributed by atoms with Crippen molar-refractivity contribution < 1.29 is 0 Å². The summed E-state index contributed by atoms with van der Waals surface area (Å²) in [7, 11) is 0. The smallest absolute Gasteiger partial charge is 0.113 e. The average molecular weight is 358 g/mol. The minimum Gasteiger partial charge on any atom is -0.316 e. The number of nitrogens with zero attached hydrogens (tertiary/aromatic N) is 1. The van der Waals surface area contributed by atoms with Crippen molar-refractivity contribution in [2.24, 2.45) is 0 Å². The largest absolute Gasteiger partial charge is 0.316 e. The summed E-state index contributed by atoms with van der Waals surface area (Å²) in [6, 6.07) is 8.46. The molecule has 1 N–H and O–H groups in total. The first kappa shape index (κ1) is 13.6. The van der Waals surface area contributed by atoms with Gasteiger partial charge in [0.05, 0.1) is 11.2 Å². The molecule has 100 valence electrons. The van der Waals surface area contributed by atoms with Gasteiger partial charge in [0.25, 0.3) is 0 Å². The zero-order valence-corrected chi connectivity index (χ0v) is 13.4. The zero-order chi connectivity index (χ0) is 13.2. The van der Waals surface area contributed by atoms with E-state index in [1.807, 2.05) is 0 Å². The van der Waals surface area contributed by atoms with Crippen molar-refractivity contribution in [2.45, 2.75) is 18.3 Å². The van der Waals surface area contributed by atoms with Gasteiger partial charge in [0.2, 0.25) is 0 Å². The fourth-order valence-corrected chi connectivity index (χ4v) is 4.40. The van der Waals surface area contributed by atoms with Crippen LogP contribution < -0.4 is 5.32 Å². The Hall–Kier alpha value is -0.420. The van der Waals surface area contributed by atoms with E-state index in [4.69, 9.17) is 11.6 Å². The topological polar surface area (TPSA) is 24.9 Å². The van der Waals surface area contributed by atoms with Crippen LogP contribution in [-0.2, 0) is 0 Å². The summed E-state index contributed by atoms with van der Waals surface area (Å²) in [6.45, 7) is 2.04. The van der Waals surface area contributed by atoms with Gasteiger partial charge in [0, 0.05) is 22.9 Å². The molecule has 0 bridgehead atoms. The van der Waals surface area contributed by atoms with Crippen molar-refractivity contribution in [1.29, 1.82) is 0 Å². The Morgan fingerprint density at radius 3 is 2.89 bits per heavy atom. The Morgan fingerprint density at radius 1 is 1.32 bits per heavy atom. The SMILES string of the molecule is Clc1cnc(C2CCNCC2c2ccccc2Br)s1. The van der Waals surface area contributed by atoms with Crippen LogP contribution >= 0.6 is 38.9 Å². The van der Waals surface area contributed by atoms with Gasteiger partial charge in [0.1, 0.15) is 4.34 Å². The monoisotopic (exact) mass is 356 g/mol. The average Bonchev–Trinajstić information content (AvgIpc) is 2.86. The van der Waals surface area contributed by atoms with Crippen LogP contribution in [0.1, 0.15) is 28.8 Å². The second kappa shape index (κ2) is 5.92. The molecule has 1 aliphatic heterocycles. The molecule has 1 aliphatic rings. The first-order chi connectivity index (χ1) is 9.25. The van der Waals surface area contributed by atoms with Crippen molar-refractivity contribution in [1.82, 2.24) is 10.3 Å². The van der Waals surface area contributed by atoms with Crippen molar-refractivity contribution in [3.05, 3.63) is 49.8 Å². The zero-order valence-electron chi connectivity index (χ0n) is 10.3. The standard InChI is InChI=1S/C14H14BrClN2S/c15-12-4-2-1-3-9(12)11-7-17-6-5-10(11)14-18-8-13(16)19-14/h1-4,8,10-11,17H,5-7H2. The highest BCUT2D eigenvalue weighted by atomic mass is 79.9. The summed E-state index contributed by atoms with van der Waals surface area (Å²) >= 11 is 11.3. The minimum atomic E-state index is 0.451. The van der Waals surface area contributed by atoms with Crippen LogP contribution in [0, 0.1) is 0 Å². The lowest BCUT2D eigenvalue weighted by atomic mass is 9.82. The number of thiazole rings is 1. The first-order valence-electron chi connectivity index (χ1n) is 6.32. The number of nitrogens with one attached hydrogen (secondary N) is 1. The molecule has 0 radical (unpaired) electrons. The van der Waals surface area contributed by atoms with Gasteiger partial charge in [-0.15, -0.1) is 11.3 Å². The van der Waals surface area contributed by atoms with Crippen LogP contribution in [-0.4, -0.2) is 18.1 Å². The van der Waals surface area contributed by atoms with Gasteiger partial charge in [-0.05, 0) is 24.6 Å². The van der Waals surface area contributed by atoms with E-state index in [9.17, 15) is 0 Å². The van der Waals surface area contributed by atoms with E-state index in [1.165, 1.54) is 10.0 Å². The number of hydrogen-bond acceptors (Lipinski definition) is 3. The van der Waals surface area contributed by atoms with E-state index in [2.05, 4.69) is 50.5 Å². The maximum Gasteiger partial charge on any atom is 0.113 e. The lowest BCUT2D eigenvalue weighted by Gasteiger charge is -2.31. The van der Waals surface area contributed by atoms with Gasteiger partial charge in [-0.3, -0.25) is 0 Å². The highest BCUT2D eigenvalue weighted by molar-refractivity contribution is 9.10. The number of hydrogen-bond donors (Lipinski definition) is 1. The maximum atomic E-state index is 6.04. The lowest BCUT2D eigenvalue weighted by Crippen LogP contribution is -2.34. The predicted octanol–water partition coefficient (Wildman–Crippen LogP) is 4.42. The third kappa shape index (κ3) is 2.87. The Labute approximate surface area is 130 Å². The Balaban J connectivity index is 1.96. The third-order valence-electron chi connectivity index (χ3n) is 3.60. The molecule has 1 aromatic carbocycles. The molecule has 3 rings (SSSR count). The van der Waals surface area contributed by atoms with Gasteiger partial charge in [-0.1, -0.05) is 45.7 Å². The number of piperidine rings is 1. The van der Waals surface area contributed by atoms with Gasteiger partial charge in [0.15, 0.2) is 0 Å². The Morgan fingerprint density at radius 2 is 2.16 bits per heavy atom. The van der Waals surface area contributed by atoms with Crippen LogP contribution in [0.15, 0.2) is 34.9 Å². The number of halogens is 2. The second-order valence-corrected chi connectivity index (χ2v) is 7.28. The van der Waals surface area contributed by atoms with Crippen molar-refractivity contribution in [3.8, 4) is 0 Å². The van der Waals surface area contributed by atoms with E-state index in [0.717, 1.165) is 28.9 Å². The maximum absolute atomic E-state index is 6.04. The molecular weight excluding hydrogens is 344 g/mol. The summed E-state index contributed by atoms with van der Waals surface area (Å²) in [6.07, 6.45) is 2.87. The van der Waals surface area contributed by atoms with Crippen molar-refractivity contribution in [2.75, 3.05) is 13.1 Å². The fourth-order valence-electron chi connectivity index (χ4n) is 2.70. The molecule has 0 spiro atoms. The lowest BCUT2D eigenvalue weighted by molar-refractivity contribution is 0.402. The molecule has 0 saturated carbocycles. The van der Waals surface area contributed by atoms with E-state index in [0.29, 0.717) is 11.8 Å². The van der Waals surface area contributed by atoms with Gasteiger partial charge < -0.3 is 5.32 Å². The highest BCUT2D eigenvalue weighted by Crippen LogP contribution is 2.41. The molecule has 1 saturated heterocycles. The number of benzene rings is 1. The molecule has 0 aliphatic carbocycles. The van der Waals surface area contributed by atoms with Crippen molar-refractivity contribution in [3.63, 3.8) is 0 Å². The minimum absolute atomic E-state index is 0.451. The van der Waals surface area contributed by atoms with Gasteiger partial charge >= 0.3 is 0 Å². The Kier molecular flexibility index (Phi) is 4.22. The van der Waals surface area contributed by atoms with Gasteiger partial charge in [-0.2, -0.15) is 0 Å². The molecule has 1 fully saturated rings. The van der Waals surface area contributed by atoms with Crippen molar-refractivity contribution >= 4 is 38.9 Å². The van der Waals surface area contributed by atoms with Crippen LogP contribution in [0.4, 0.5) is 0 Å². The summed E-state index contributed by atoms with van der Waals surface area (Å²) in [4.78, 5) is 4.49. The molecule has 2 nitrogen and oxygen atoms in total. The quantitative estimate of drug-likeness (QED) is 0.860. The second-order valence-electron chi connectivity index (χ2n) is 4.73. The molecule has 2 aromatic rings. The number of rotatable bonds is 2. The fraction of sp³-hybridized carbons (Fsp3) is 0.357. The molecule has 5 heteroatoms. The van der Waals surface area contributed by atoms with E-state index in [1.54, 1.807) is 17.5 Å². The van der Waals surface area contributed by atoms with E-state index >= 15 is 0 Å². The number of aromatic nitrogens is 1. The Bertz CT molecular complexity index is 572. The van der Waals surface area contributed by atoms with Crippen LogP contribution in [0.25, 0.3) is 0 Å². The molecule has 2 atom stereocenters. The highest BCUT2D eigenvalue weighted by Gasteiger charge is 2.30. The molecule has 0 amide bonds. The summed E-state index contributed by atoms with van der Waals surface area (Å²) in [5, 5.41) is 4.65. The summed E-state index contributed by atoms with van der Waals surface area (Å²) in [5.74, 6) is 0.906. The van der Waals surface area contributed by atoms with E-state index in [-0.39, 0.29) is 0 Å². The molecular formula is C14H14BrClN2S. The molecule has 1 aromatic heterocycles. The normalized spacial score (nSPS) is 23.5. The third-order valence-corrected chi connectivity index (χ3v) is 5.57. The van der Waals surface area contributed by atoms with Crippen LogP contribution in [0.3, 0.4) is 0 Å². The first-order valence-corrected chi connectivity index (χ1v) is 8.31. The van der Waals surface area contributed by atoms with Crippen LogP contribution in [0.5, 0.6) is 0 Å². The predicted molar refractivity (Wildman–Crippen MR) is 84.2 cm³/mol. The molecule has 2 heterocycles. The summed E-state index contributed by atoms with van der Waals surface area (Å²) in [5.41, 5.74) is 1.35. The van der Waals surface area contributed by atoms with Gasteiger partial charge in [-0.25, -0.2) is 4.98 Å².